The van der Waals surface area contributed by atoms with Crippen molar-refractivity contribution in [2.24, 2.45) is 0 Å². The summed E-state index contributed by atoms with van der Waals surface area (Å²) in [5.41, 5.74) is 1.27. The summed E-state index contributed by atoms with van der Waals surface area (Å²) in [6.07, 6.45) is 2.24. The van der Waals surface area contributed by atoms with Crippen molar-refractivity contribution < 1.29 is 9.59 Å². The predicted octanol–water partition coefficient (Wildman–Crippen LogP) is 1.34. The number of carbonyl (C=O) groups excluding carboxylic acids is 2. The van der Waals surface area contributed by atoms with Gasteiger partial charge in [0.15, 0.2) is 0 Å². The Kier molecular flexibility index (Phi) is 5.45. The lowest BCUT2D eigenvalue weighted by Crippen LogP contribution is -2.46. The van der Waals surface area contributed by atoms with Crippen molar-refractivity contribution in [2.75, 3.05) is 31.1 Å². The molecule has 1 aliphatic rings. The van der Waals surface area contributed by atoms with Gasteiger partial charge in [-0.25, -0.2) is 9.97 Å². The molecule has 2 aromatic rings. The van der Waals surface area contributed by atoms with Crippen LogP contribution in [-0.4, -0.2) is 53.4 Å². The number of carbonyl (C=O) groups is 2. The first kappa shape index (κ1) is 17.2. The third kappa shape index (κ3) is 4.45. The molecule has 2 heterocycles. The van der Waals surface area contributed by atoms with E-state index < -0.39 is 0 Å². The minimum atomic E-state index is -0.259. The van der Waals surface area contributed by atoms with E-state index in [2.05, 4.69) is 15.3 Å². The van der Waals surface area contributed by atoms with Crippen LogP contribution in [0.15, 0.2) is 36.7 Å². The molecule has 1 aliphatic heterocycles. The second-order valence-corrected chi connectivity index (χ2v) is 6.14. The first-order valence-electron chi connectivity index (χ1n) is 7.94. The largest absolute Gasteiger partial charge is 0.353 e. The van der Waals surface area contributed by atoms with Crippen LogP contribution in [0, 0.1) is 0 Å². The quantitative estimate of drug-likeness (QED) is 0.815. The molecule has 1 N–H and O–H groups in total. The summed E-state index contributed by atoms with van der Waals surface area (Å²) in [7, 11) is 0. The maximum Gasteiger partial charge on any atom is 0.270 e. The van der Waals surface area contributed by atoms with Crippen molar-refractivity contribution >= 4 is 29.7 Å². The average molecular weight is 360 g/mol. The number of hydrogen-bond acceptors (Lipinski definition) is 5. The number of halogens is 1. The van der Waals surface area contributed by atoms with Crippen LogP contribution in [0.4, 0.5) is 5.82 Å². The van der Waals surface area contributed by atoms with Crippen LogP contribution in [0.5, 0.6) is 0 Å². The van der Waals surface area contributed by atoms with Gasteiger partial charge in [-0.15, -0.1) is 0 Å². The lowest BCUT2D eigenvalue weighted by Gasteiger charge is -2.33. The highest BCUT2D eigenvalue weighted by Gasteiger charge is 2.18. The standard InChI is InChI=1S/C17H18ClN5O2/c18-14-3-1-13(2-4-14)10-19-17(25)15-9-16(21-11-20-15)23-7-5-22(12-24)6-8-23/h1-4,9,11-12H,5-8,10H2,(H,19,25). The average Bonchev–Trinajstić information content (AvgIpc) is 2.67. The molecule has 130 valence electrons. The molecule has 3 rings (SSSR count). The number of benzene rings is 1. The van der Waals surface area contributed by atoms with Gasteiger partial charge in [-0.3, -0.25) is 9.59 Å². The Bertz CT molecular complexity index is 745. The lowest BCUT2D eigenvalue weighted by molar-refractivity contribution is -0.118. The summed E-state index contributed by atoms with van der Waals surface area (Å²) >= 11 is 5.85. The zero-order valence-corrected chi connectivity index (χ0v) is 14.3. The molecule has 1 fully saturated rings. The molecular formula is C17H18ClN5O2. The number of nitrogens with one attached hydrogen (secondary N) is 1. The molecule has 25 heavy (non-hydrogen) atoms. The van der Waals surface area contributed by atoms with Crippen LogP contribution in [0.25, 0.3) is 0 Å². The highest BCUT2D eigenvalue weighted by molar-refractivity contribution is 6.30. The molecule has 0 unspecified atom stereocenters. The number of aromatic nitrogens is 2. The van der Waals surface area contributed by atoms with Crippen molar-refractivity contribution in [3.8, 4) is 0 Å². The van der Waals surface area contributed by atoms with Gasteiger partial charge < -0.3 is 15.1 Å². The maximum atomic E-state index is 12.3. The second kappa shape index (κ2) is 7.94. The van der Waals surface area contributed by atoms with E-state index in [4.69, 9.17) is 11.6 Å². The Morgan fingerprint density at radius 3 is 2.56 bits per heavy atom. The van der Waals surface area contributed by atoms with Crippen molar-refractivity contribution in [3.05, 3.63) is 52.9 Å². The SMILES string of the molecule is O=CN1CCN(c2cc(C(=O)NCc3ccc(Cl)cc3)ncn2)CC1. The number of rotatable bonds is 5. The molecule has 0 atom stereocenters. The topological polar surface area (TPSA) is 78.4 Å². The van der Waals surface area contributed by atoms with E-state index in [0.717, 1.165) is 12.0 Å². The first-order valence-corrected chi connectivity index (χ1v) is 8.32. The predicted molar refractivity (Wildman–Crippen MR) is 94.5 cm³/mol. The molecular weight excluding hydrogens is 342 g/mol. The van der Waals surface area contributed by atoms with Crippen LogP contribution < -0.4 is 10.2 Å². The van der Waals surface area contributed by atoms with Gasteiger partial charge in [0.2, 0.25) is 6.41 Å². The summed E-state index contributed by atoms with van der Waals surface area (Å²) in [4.78, 5) is 35.1. The van der Waals surface area contributed by atoms with Crippen LogP contribution in [0.2, 0.25) is 5.02 Å². The molecule has 2 amide bonds. The van der Waals surface area contributed by atoms with Gasteiger partial charge in [-0.1, -0.05) is 23.7 Å². The molecule has 0 aliphatic carbocycles. The highest BCUT2D eigenvalue weighted by Crippen LogP contribution is 2.14. The minimum Gasteiger partial charge on any atom is -0.353 e. The number of hydrogen-bond donors (Lipinski definition) is 1. The molecule has 0 bridgehead atoms. The fourth-order valence-electron chi connectivity index (χ4n) is 2.58. The van der Waals surface area contributed by atoms with Crippen molar-refractivity contribution in [1.82, 2.24) is 20.2 Å². The summed E-state index contributed by atoms with van der Waals surface area (Å²) < 4.78 is 0. The number of anilines is 1. The number of piperazine rings is 1. The molecule has 8 heteroatoms. The lowest BCUT2D eigenvalue weighted by atomic mass is 10.2. The molecule has 0 radical (unpaired) electrons. The second-order valence-electron chi connectivity index (χ2n) is 5.70. The normalized spacial score (nSPS) is 14.3. The van der Waals surface area contributed by atoms with Gasteiger partial charge in [-0.05, 0) is 17.7 Å². The Labute approximate surface area is 150 Å². The summed E-state index contributed by atoms with van der Waals surface area (Å²) in [5.74, 6) is 0.433. The van der Waals surface area contributed by atoms with Gasteiger partial charge in [0.25, 0.3) is 5.91 Å². The van der Waals surface area contributed by atoms with Gasteiger partial charge in [0.1, 0.15) is 17.8 Å². The van der Waals surface area contributed by atoms with E-state index in [9.17, 15) is 9.59 Å². The summed E-state index contributed by atoms with van der Waals surface area (Å²) in [6, 6.07) is 8.96. The van der Waals surface area contributed by atoms with E-state index in [0.29, 0.717) is 49.3 Å². The third-order valence-corrected chi connectivity index (χ3v) is 4.29. The fraction of sp³-hybridized carbons (Fsp3) is 0.294. The van der Waals surface area contributed by atoms with E-state index >= 15 is 0 Å². The maximum absolute atomic E-state index is 12.3. The first-order chi connectivity index (χ1) is 12.2. The van der Waals surface area contributed by atoms with Crippen molar-refractivity contribution in [3.63, 3.8) is 0 Å². The Morgan fingerprint density at radius 1 is 1.16 bits per heavy atom. The molecule has 0 spiro atoms. The molecule has 1 saturated heterocycles. The number of amides is 2. The van der Waals surface area contributed by atoms with Gasteiger partial charge in [0.05, 0.1) is 0 Å². The molecule has 1 aromatic heterocycles. The van der Waals surface area contributed by atoms with Crippen molar-refractivity contribution in [1.29, 1.82) is 0 Å². The van der Waals surface area contributed by atoms with E-state index in [-0.39, 0.29) is 5.91 Å². The zero-order chi connectivity index (χ0) is 17.6. The monoisotopic (exact) mass is 359 g/mol. The van der Waals surface area contributed by atoms with E-state index in [1.54, 1.807) is 23.1 Å². The van der Waals surface area contributed by atoms with Crippen LogP contribution in [-0.2, 0) is 11.3 Å². The molecule has 7 nitrogen and oxygen atoms in total. The highest BCUT2D eigenvalue weighted by atomic mass is 35.5. The zero-order valence-electron chi connectivity index (χ0n) is 13.6. The smallest absolute Gasteiger partial charge is 0.270 e. The number of nitrogens with zero attached hydrogens (tertiary/aromatic N) is 4. The fourth-order valence-corrected chi connectivity index (χ4v) is 2.70. The van der Waals surface area contributed by atoms with Crippen LogP contribution >= 0.6 is 11.6 Å². The van der Waals surface area contributed by atoms with Crippen LogP contribution in [0.3, 0.4) is 0 Å². The van der Waals surface area contributed by atoms with Gasteiger partial charge in [-0.2, -0.15) is 0 Å². The molecule has 1 aromatic carbocycles. The van der Waals surface area contributed by atoms with E-state index in [1.165, 1.54) is 6.33 Å². The Hall–Kier alpha value is -2.67. The van der Waals surface area contributed by atoms with E-state index in [1.807, 2.05) is 17.0 Å². The van der Waals surface area contributed by atoms with Crippen molar-refractivity contribution in [2.45, 2.75) is 6.54 Å². The Morgan fingerprint density at radius 2 is 1.88 bits per heavy atom. The van der Waals surface area contributed by atoms with Gasteiger partial charge in [0, 0.05) is 43.8 Å². The van der Waals surface area contributed by atoms with Gasteiger partial charge >= 0.3 is 0 Å². The minimum absolute atomic E-state index is 0.259. The van der Waals surface area contributed by atoms with Crippen LogP contribution in [0.1, 0.15) is 16.1 Å². The summed E-state index contributed by atoms with van der Waals surface area (Å²) in [5, 5.41) is 3.49. The Balaban J connectivity index is 1.61. The summed E-state index contributed by atoms with van der Waals surface area (Å²) in [6.45, 7) is 3.05. The molecule has 0 saturated carbocycles. The third-order valence-electron chi connectivity index (χ3n) is 4.04.